The van der Waals surface area contributed by atoms with Crippen LogP contribution in [0.5, 0.6) is 0 Å². The summed E-state index contributed by atoms with van der Waals surface area (Å²) in [7, 11) is 0. The molecule has 2 aliphatic rings. The van der Waals surface area contributed by atoms with Gasteiger partial charge >= 0.3 is 0 Å². The van der Waals surface area contributed by atoms with Gasteiger partial charge in [0.15, 0.2) is 0 Å². The molecule has 15 heavy (non-hydrogen) atoms. The number of rotatable bonds is 3. The molecule has 2 unspecified atom stereocenters. The van der Waals surface area contributed by atoms with Gasteiger partial charge in [0.2, 0.25) is 0 Å². The van der Waals surface area contributed by atoms with Gasteiger partial charge in [0, 0.05) is 37.8 Å². The van der Waals surface area contributed by atoms with Crippen molar-refractivity contribution in [2.75, 3.05) is 19.7 Å². The lowest BCUT2D eigenvalue weighted by molar-refractivity contribution is -0.0633. The van der Waals surface area contributed by atoms with Crippen molar-refractivity contribution < 1.29 is 4.74 Å². The summed E-state index contributed by atoms with van der Waals surface area (Å²) in [4.78, 5) is 2.66. The van der Waals surface area contributed by atoms with E-state index in [0.717, 1.165) is 19.2 Å². The Morgan fingerprint density at radius 1 is 1.33 bits per heavy atom. The van der Waals surface area contributed by atoms with Crippen LogP contribution in [0.15, 0.2) is 0 Å². The molecule has 0 spiro atoms. The summed E-state index contributed by atoms with van der Waals surface area (Å²) < 4.78 is 5.62. The van der Waals surface area contributed by atoms with Gasteiger partial charge in [-0.25, -0.2) is 0 Å². The van der Waals surface area contributed by atoms with E-state index in [2.05, 4.69) is 31.0 Å². The Hall–Kier alpha value is -0.120. The molecule has 1 saturated heterocycles. The van der Waals surface area contributed by atoms with Gasteiger partial charge in [0.05, 0.1) is 6.10 Å². The fraction of sp³-hybridized carbons (Fsp3) is 1.00. The molecule has 0 bridgehead atoms. The zero-order valence-electron chi connectivity index (χ0n) is 10.2. The maximum atomic E-state index is 5.62. The number of ether oxygens (including phenoxy) is 1. The van der Waals surface area contributed by atoms with E-state index in [-0.39, 0.29) is 0 Å². The summed E-state index contributed by atoms with van der Waals surface area (Å²) in [5, 5.41) is 3.53. The van der Waals surface area contributed by atoms with Gasteiger partial charge in [-0.3, -0.25) is 4.90 Å². The Balaban J connectivity index is 1.79. The average Bonchev–Trinajstić information content (AvgIpc) is 2.15. The first-order valence-corrected chi connectivity index (χ1v) is 6.31. The molecule has 0 aromatic carbocycles. The fourth-order valence-corrected chi connectivity index (χ4v) is 2.74. The van der Waals surface area contributed by atoms with Crippen LogP contribution >= 0.6 is 0 Å². The summed E-state index contributed by atoms with van der Waals surface area (Å²) in [6, 6.07) is 2.11. The minimum Gasteiger partial charge on any atom is -0.378 e. The third kappa shape index (κ3) is 2.52. The van der Waals surface area contributed by atoms with Crippen molar-refractivity contribution in [3.8, 4) is 0 Å². The Morgan fingerprint density at radius 2 is 2.07 bits per heavy atom. The molecule has 1 saturated carbocycles. The van der Waals surface area contributed by atoms with Crippen molar-refractivity contribution in [3.63, 3.8) is 0 Å². The number of nitrogens with zero attached hydrogens (tertiary/aromatic N) is 1. The van der Waals surface area contributed by atoms with Crippen molar-refractivity contribution in [2.24, 2.45) is 0 Å². The molecule has 0 aromatic heterocycles. The first-order chi connectivity index (χ1) is 7.20. The molecule has 0 aromatic rings. The van der Waals surface area contributed by atoms with Crippen LogP contribution in [0.2, 0.25) is 0 Å². The highest BCUT2D eigenvalue weighted by Crippen LogP contribution is 2.30. The second-order valence-corrected chi connectivity index (χ2v) is 5.06. The Bertz CT molecular complexity index is 204. The Morgan fingerprint density at radius 3 is 2.73 bits per heavy atom. The van der Waals surface area contributed by atoms with Gasteiger partial charge in [-0.05, 0) is 33.6 Å². The van der Waals surface area contributed by atoms with E-state index in [1.54, 1.807) is 0 Å². The summed E-state index contributed by atoms with van der Waals surface area (Å²) in [6.45, 7) is 9.89. The minimum absolute atomic E-state index is 0.539. The van der Waals surface area contributed by atoms with Gasteiger partial charge in [-0.2, -0.15) is 0 Å². The second-order valence-electron chi connectivity index (χ2n) is 5.06. The van der Waals surface area contributed by atoms with Gasteiger partial charge in [-0.1, -0.05) is 0 Å². The molecule has 88 valence electrons. The summed E-state index contributed by atoms with van der Waals surface area (Å²) in [5.74, 6) is 0. The Labute approximate surface area is 93.2 Å². The second kappa shape index (κ2) is 4.81. The first-order valence-electron chi connectivity index (χ1n) is 6.31. The van der Waals surface area contributed by atoms with E-state index in [1.165, 1.54) is 19.4 Å². The highest BCUT2D eigenvalue weighted by Gasteiger charge is 2.37. The van der Waals surface area contributed by atoms with Crippen molar-refractivity contribution in [2.45, 2.75) is 57.8 Å². The molecule has 0 amide bonds. The van der Waals surface area contributed by atoms with Crippen molar-refractivity contribution in [1.29, 1.82) is 0 Å². The number of nitrogens with one attached hydrogen (secondary N) is 1. The zero-order valence-corrected chi connectivity index (χ0v) is 10.2. The highest BCUT2D eigenvalue weighted by molar-refractivity contribution is 4.94. The Kier molecular flexibility index (Phi) is 3.65. The minimum atomic E-state index is 0.539. The molecule has 1 heterocycles. The van der Waals surface area contributed by atoms with Crippen molar-refractivity contribution in [1.82, 2.24) is 10.2 Å². The van der Waals surface area contributed by atoms with E-state index in [9.17, 15) is 0 Å². The summed E-state index contributed by atoms with van der Waals surface area (Å²) in [5.41, 5.74) is 0. The zero-order chi connectivity index (χ0) is 10.8. The molecule has 2 rings (SSSR count). The number of piperazine rings is 1. The maximum absolute atomic E-state index is 5.62. The van der Waals surface area contributed by atoms with Crippen molar-refractivity contribution in [3.05, 3.63) is 0 Å². The van der Waals surface area contributed by atoms with Crippen molar-refractivity contribution >= 4 is 0 Å². The number of hydrogen-bond acceptors (Lipinski definition) is 3. The smallest absolute Gasteiger partial charge is 0.0604 e. The molecule has 3 nitrogen and oxygen atoms in total. The van der Waals surface area contributed by atoms with Gasteiger partial charge in [0.25, 0.3) is 0 Å². The van der Waals surface area contributed by atoms with Crippen LogP contribution in [0.3, 0.4) is 0 Å². The molecular formula is C12H24N2O. The highest BCUT2D eigenvalue weighted by atomic mass is 16.5. The lowest BCUT2D eigenvalue weighted by Crippen LogP contribution is -2.61. The van der Waals surface area contributed by atoms with Gasteiger partial charge in [0.1, 0.15) is 0 Å². The van der Waals surface area contributed by atoms with E-state index >= 15 is 0 Å². The van der Waals surface area contributed by atoms with E-state index in [0.29, 0.717) is 18.2 Å². The SMILES string of the molecule is CCOC1CC(N2CC(C)NCC2C)C1. The van der Waals surface area contributed by atoms with E-state index < -0.39 is 0 Å². The molecule has 3 heteroatoms. The largest absolute Gasteiger partial charge is 0.378 e. The first kappa shape index (κ1) is 11.4. The summed E-state index contributed by atoms with van der Waals surface area (Å²) >= 11 is 0. The monoisotopic (exact) mass is 212 g/mol. The number of hydrogen-bond donors (Lipinski definition) is 1. The third-order valence-corrected chi connectivity index (χ3v) is 3.75. The quantitative estimate of drug-likeness (QED) is 0.761. The van der Waals surface area contributed by atoms with Crippen LogP contribution < -0.4 is 5.32 Å². The van der Waals surface area contributed by atoms with Crippen LogP contribution in [0.25, 0.3) is 0 Å². The van der Waals surface area contributed by atoms with Gasteiger partial charge < -0.3 is 10.1 Å². The predicted octanol–water partition coefficient (Wildman–Crippen LogP) is 1.24. The van der Waals surface area contributed by atoms with Crippen LogP contribution in [0.1, 0.15) is 33.6 Å². The lowest BCUT2D eigenvalue weighted by atomic mass is 9.86. The molecule has 2 atom stereocenters. The van der Waals surface area contributed by atoms with Crippen LogP contribution in [0, 0.1) is 0 Å². The molecule has 1 aliphatic heterocycles. The van der Waals surface area contributed by atoms with Crippen LogP contribution in [-0.4, -0.2) is 48.8 Å². The fourth-order valence-electron chi connectivity index (χ4n) is 2.74. The van der Waals surface area contributed by atoms with E-state index in [1.807, 2.05) is 0 Å². The summed E-state index contributed by atoms with van der Waals surface area (Å²) in [6.07, 6.45) is 3.02. The standard InChI is InChI=1S/C12H24N2O/c1-4-15-12-5-11(6-12)14-8-9(2)13-7-10(14)3/h9-13H,4-8H2,1-3H3. The maximum Gasteiger partial charge on any atom is 0.0604 e. The molecular weight excluding hydrogens is 188 g/mol. The van der Waals surface area contributed by atoms with E-state index in [4.69, 9.17) is 4.74 Å². The molecule has 0 radical (unpaired) electrons. The normalized spacial score (nSPS) is 42.6. The van der Waals surface area contributed by atoms with Crippen LogP contribution in [0.4, 0.5) is 0 Å². The molecule has 1 aliphatic carbocycles. The predicted molar refractivity (Wildman–Crippen MR) is 62.1 cm³/mol. The molecule has 1 N–H and O–H groups in total. The topological polar surface area (TPSA) is 24.5 Å². The average molecular weight is 212 g/mol. The van der Waals surface area contributed by atoms with Gasteiger partial charge in [-0.15, -0.1) is 0 Å². The third-order valence-electron chi connectivity index (χ3n) is 3.75. The van der Waals surface area contributed by atoms with Crippen LogP contribution in [-0.2, 0) is 4.74 Å². The molecule has 2 fully saturated rings. The lowest BCUT2D eigenvalue weighted by Gasteiger charge is -2.48.